The molecule has 4 nitrogen and oxygen atoms in total. The van der Waals surface area contributed by atoms with Crippen LogP contribution in [0.15, 0.2) is 24.3 Å². The van der Waals surface area contributed by atoms with Gasteiger partial charge < -0.3 is 9.47 Å². The molecule has 7 saturated carbocycles. The van der Waals surface area contributed by atoms with Crippen LogP contribution in [0.2, 0.25) is 0 Å². The molecule has 0 saturated heterocycles. The molecular formula is C28H34O4. The molecule has 4 heteroatoms. The smallest absolute Gasteiger partial charge is 0.317 e. The van der Waals surface area contributed by atoms with E-state index in [2.05, 4.69) is 0 Å². The predicted molar refractivity (Wildman–Crippen MR) is 119 cm³/mol. The molecule has 6 atom stereocenters. The van der Waals surface area contributed by atoms with Crippen molar-refractivity contribution in [2.45, 2.75) is 77.0 Å². The first-order valence-corrected chi connectivity index (χ1v) is 13.1. The standard InChI is InChI=1S/C28H34O4/c29-25(27-8-7-20-2-1-17(13-27)10-21(20)16-27)31-23-3-5-24(6-4-23)32-26(30)28-14-18-9-19(15-28)12-22(28)11-18/h3-6,17-22H,1-2,7-16H2. The van der Waals surface area contributed by atoms with E-state index in [1.165, 1.54) is 44.9 Å². The van der Waals surface area contributed by atoms with Gasteiger partial charge in [0.1, 0.15) is 11.5 Å². The van der Waals surface area contributed by atoms with Gasteiger partial charge in [-0.1, -0.05) is 6.42 Å². The van der Waals surface area contributed by atoms with Crippen LogP contribution < -0.4 is 9.47 Å². The molecule has 7 bridgehead atoms. The zero-order valence-electron chi connectivity index (χ0n) is 18.9. The van der Waals surface area contributed by atoms with Crippen LogP contribution >= 0.6 is 0 Å². The van der Waals surface area contributed by atoms with Gasteiger partial charge in [0.05, 0.1) is 10.8 Å². The number of rotatable bonds is 4. The van der Waals surface area contributed by atoms with E-state index in [9.17, 15) is 9.59 Å². The maximum absolute atomic E-state index is 13.3. The number of carbonyl (C=O) groups is 2. The van der Waals surface area contributed by atoms with Crippen LogP contribution in [0.1, 0.15) is 77.0 Å². The molecule has 32 heavy (non-hydrogen) atoms. The monoisotopic (exact) mass is 434 g/mol. The Bertz CT molecular complexity index is 933. The third-order valence-corrected chi connectivity index (χ3v) is 10.6. The summed E-state index contributed by atoms with van der Waals surface area (Å²) >= 11 is 0. The molecule has 8 rings (SSSR count). The summed E-state index contributed by atoms with van der Waals surface area (Å²) in [6.45, 7) is 0. The van der Waals surface area contributed by atoms with E-state index < -0.39 is 0 Å². The molecule has 1 aromatic rings. The van der Waals surface area contributed by atoms with Crippen molar-refractivity contribution in [2.24, 2.45) is 46.3 Å². The highest BCUT2D eigenvalue weighted by molar-refractivity contribution is 5.81. The summed E-state index contributed by atoms with van der Waals surface area (Å²) in [5, 5.41) is 0. The number of carbonyl (C=O) groups excluding carboxylic acids is 2. The summed E-state index contributed by atoms with van der Waals surface area (Å²) in [5.74, 6) is 5.35. The lowest BCUT2D eigenvalue weighted by atomic mass is 9.51. The topological polar surface area (TPSA) is 52.6 Å². The minimum Gasteiger partial charge on any atom is -0.426 e. The number of hydrogen-bond acceptors (Lipinski definition) is 4. The first-order chi connectivity index (χ1) is 15.5. The molecule has 0 aliphatic heterocycles. The Labute approximate surface area is 190 Å². The first-order valence-electron chi connectivity index (χ1n) is 13.1. The van der Waals surface area contributed by atoms with Crippen LogP contribution in [0, 0.1) is 46.3 Å². The molecule has 7 fully saturated rings. The molecule has 170 valence electrons. The summed E-state index contributed by atoms with van der Waals surface area (Å²) in [4.78, 5) is 26.4. The maximum atomic E-state index is 13.3. The van der Waals surface area contributed by atoms with Crippen LogP contribution in [0.5, 0.6) is 11.5 Å². The van der Waals surface area contributed by atoms with Crippen molar-refractivity contribution in [1.82, 2.24) is 0 Å². The summed E-state index contributed by atoms with van der Waals surface area (Å²) in [6.07, 6.45) is 14.0. The van der Waals surface area contributed by atoms with Gasteiger partial charge in [-0.2, -0.15) is 0 Å². The van der Waals surface area contributed by atoms with Crippen LogP contribution in [0.4, 0.5) is 0 Å². The van der Waals surface area contributed by atoms with Crippen molar-refractivity contribution in [3.05, 3.63) is 24.3 Å². The lowest BCUT2D eigenvalue weighted by Gasteiger charge is -2.53. The number of benzene rings is 1. The van der Waals surface area contributed by atoms with Gasteiger partial charge in [-0.3, -0.25) is 9.59 Å². The zero-order valence-corrected chi connectivity index (χ0v) is 18.9. The highest BCUT2D eigenvalue weighted by atomic mass is 16.5. The third-order valence-electron chi connectivity index (χ3n) is 10.6. The SMILES string of the molecule is O=C(Oc1ccc(OC(=O)C23CC4CC(CC2C4)C3)cc1)C12CCC3CCC(CC3C1)C2. The zero-order chi connectivity index (χ0) is 21.5. The molecule has 6 unspecified atom stereocenters. The minimum absolute atomic E-state index is 0.0265. The van der Waals surface area contributed by atoms with Crippen molar-refractivity contribution in [3.63, 3.8) is 0 Å². The van der Waals surface area contributed by atoms with Crippen molar-refractivity contribution >= 4 is 11.9 Å². The summed E-state index contributed by atoms with van der Waals surface area (Å²) < 4.78 is 11.8. The van der Waals surface area contributed by atoms with Gasteiger partial charge in [-0.05, 0) is 130 Å². The van der Waals surface area contributed by atoms with Crippen LogP contribution in [-0.2, 0) is 9.59 Å². The van der Waals surface area contributed by atoms with Gasteiger partial charge in [0.25, 0.3) is 0 Å². The average Bonchev–Trinajstić information content (AvgIpc) is 3.18. The van der Waals surface area contributed by atoms with Crippen molar-refractivity contribution in [1.29, 1.82) is 0 Å². The summed E-state index contributed by atoms with van der Waals surface area (Å²) in [6, 6.07) is 7.17. The van der Waals surface area contributed by atoms with Gasteiger partial charge in [0.15, 0.2) is 0 Å². The lowest BCUT2D eigenvalue weighted by Crippen LogP contribution is -2.49. The van der Waals surface area contributed by atoms with E-state index >= 15 is 0 Å². The van der Waals surface area contributed by atoms with Gasteiger partial charge >= 0.3 is 11.9 Å². The average molecular weight is 435 g/mol. The van der Waals surface area contributed by atoms with E-state index in [4.69, 9.17) is 9.47 Å². The number of esters is 2. The quantitative estimate of drug-likeness (QED) is 0.435. The Balaban J connectivity index is 1.02. The second-order valence-corrected chi connectivity index (χ2v) is 12.4. The number of fused-ring (bicyclic) bond motifs is 2. The predicted octanol–water partition coefficient (Wildman–Crippen LogP) is 5.93. The third kappa shape index (κ3) is 2.86. The van der Waals surface area contributed by atoms with Crippen LogP contribution in [-0.4, -0.2) is 11.9 Å². The fourth-order valence-electron chi connectivity index (χ4n) is 9.44. The van der Waals surface area contributed by atoms with Crippen molar-refractivity contribution < 1.29 is 19.1 Å². The molecule has 0 heterocycles. The van der Waals surface area contributed by atoms with E-state index in [0.29, 0.717) is 23.3 Å². The van der Waals surface area contributed by atoms with E-state index in [0.717, 1.165) is 55.8 Å². The van der Waals surface area contributed by atoms with Gasteiger partial charge in [0.2, 0.25) is 0 Å². The van der Waals surface area contributed by atoms with E-state index in [1.807, 2.05) is 0 Å². The lowest BCUT2D eigenvalue weighted by molar-refractivity contribution is -0.158. The molecule has 7 aliphatic rings. The van der Waals surface area contributed by atoms with E-state index in [1.54, 1.807) is 24.3 Å². The van der Waals surface area contributed by atoms with Crippen molar-refractivity contribution in [3.8, 4) is 11.5 Å². The highest BCUT2D eigenvalue weighted by Gasteiger charge is 2.62. The Kier molecular flexibility index (Phi) is 4.19. The normalized spacial score (nSPS) is 45.1. The van der Waals surface area contributed by atoms with Crippen LogP contribution in [0.25, 0.3) is 0 Å². The second-order valence-electron chi connectivity index (χ2n) is 12.4. The Morgan fingerprint density at radius 3 is 2.09 bits per heavy atom. The molecule has 0 N–H and O–H groups in total. The fraction of sp³-hybridized carbons (Fsp3) is 0.714. The molecule has 0 radical (unpaired) electrons. The van der Waals surface area contributed by atoms with Gasteiger partial charge in [-0.25, -0.2) is 0 Å². The largest absolute Gasteiger partial charge is 0.426 e. The molecule has 0 amide bonds. The van der Waals surface area contributed by atoms with E-state index in [-0.39, 0.29) is 22.8 Å². The van der Waals surface area contributed by atoms with Gasteiger partial charge in [0, 0.05) is 0 Å². The minimum atomic E-state index is -0.268. The van der Waals surface area contributed by atoms with Crippen molar-refractivity contribution in [2.75, 3.05) is 0 Å². The fourth-order valence-corrected chi connectivity index (χ4v) is 9.44. The molecule has 0 aromatic heterocycles. The van der Waals surface area contributed by atoms with Gasteiger partial charge in [-0.15, -0.1) is 0 Å². The first kappa shape index (κ1) is 19.6. The summed E-state index contributed by atoms with van der Waals surface area (Å²) in [7, 11) is 0. The Hall–Kier alpha value is -1.84. The highest BCUT2D eigenvalue weighted by Crippen LogP contribution is 2.65. The molecule has 7 aliphatic carbocycles. The number of hydrogen-bond donors (Lipinski definition) is 0. The molecule has 0 spiro atoms. The van der Waals surface area contributed by atoms with Crippen LogP contribution in [0.3, 0.4) is 0 Å². The Morgan fingerprint density at radius 1 is 0.688 bits per heavy atom. The Morgan fingerprint density at radius 2 is 1.38 bits per heavy atom. The second kappa shape index (κ2) is 6.84. The number of ether oxygens (including phenoxy) is 2. The maximum Gasteiger partial charge on any atom is 0.317 e. The molecule has 1 aromatic carbocycles. The summed E-state index contributed by atoms with van der Waals surface area (Å²) in [5.41, 5.74) is -0.495. The molecular weight excluding hydrogens is 400 g/mol.